The number of hydrogen-bond donors (Lipinski definition) is 1. The highest BCUT2D eigenvalue weighted by Gasteiger charge is 2.13. The minimum absolute atomic E-state index is 0.310. The van der Waals surface area contributed by atoms with Crippen molar-refractivity contribution in [2.75, 3.05) is 19.8 Å². The van der Waals surface area contributed by atoms with Gasteiger partial charge in [0.25, 0.3) is 0 Å². The number of aryl methyl sites for hydroxylation is 2. The number of benzene rings is 1. The molecule has 0 aliphatic heterocycles. The summed E-state index contributed by atoms with van der Waals surface area (Å²) in [6, 6.07) is 7.01. The zero-order chi connectivity index (χ0) is 15.7. The first kappa shape index (κ1) is 18.2. The fourth-order valence-electron chi connectivity index (χ4n) is 2.59. The van der Waals surface area contributed by atoms with Crippen molar-refractivity contribution in [2.45, 2.75) is 59.9 Å². The van der Waals surface area contributed by atoms with Crippen LogP contribution in [-0.4, -0.2) is 19.8 Å². The van der Waals surface area contributed by atoms with Gasteiger partial charge in [0.05, 0.1) is 12.6 Å². The molecule has 0 aromatic heterocycles. The summed E-state index contributed by atoms with van der Waals surface area (Å²) in [5, 5.41) is 3.62. The summed E-state index contributed by atoms with van der Waals surface area (Å²) in [5.74, 6) is 0.766. The van der Waals surface area contributed by atoms with Gasteiger partial charge in [-0.05, 0) is 56.7 Å². The second kappa shape index (κ2) is 9.97. The highest BCUT2D eigenvalue weighted by molar-refractivity contribution is 5.32. The summed E-state index contributed by atoms with van der Waals surface area (Å²) in [7, 11) is 0. The molecule has 1 rings (SSSR count). The quantitative estimate of drug-likeness (QED) is 0.625. The van der Waals surface area contributed by atoms with Gasteiger partial charge < -0.3 is 10.1 Å². The zero-order valence-electron chi connectivity index (χ0n) is 14.5. The highest BCUT2D eigenvalue weighted by atomic mass is 16.5. The summed E-state index contributed by atoms with van der Waals surface area (Å²) in [4.78, 5) is 0. The van der Waals surface area contributed by atoms with E-state index in [-0.39, 0.29) is 0 Å². The van der Waals surface area contributed by atoms with Gasteiger partial charge in [-0.2, -0.15) is 0 Å². The van der Waals surface area contributed by atoms with Gasteiger partial charge in [-0.25, -0.2) is 0 Å². The maximum Gasteiger partial charge on any atom is 0.0661 e. The third kappa shape index (κ3) is 7.10. The highest BCUT2D eigenvalue weighted by Crippen LogP contribution is 2.20. The molecule has 0 fully saturated rings. The number of hydrogen-bond acceptors (Lipinski definition) is 2. The smallest absolute Gasteiger partial charge is 0.0661 e. The van der Waals surface area contributed by atoms with E-state index in [4.69, 9.17) is 4.74 Å². The maximum atomic E-state index is 5.92. The van der Waals surface area contributed by atoms with Crippen molar-refractivity contribution in [1.29, 1.82) is 0 Å². The van der Waals surface area contributed by atoms with E-state index < -0.39 is 0 Å². The number of nitrogens with one attached hydrogen (secondary N) is 1. The molecule has 2 nitrogen and oxygen atoms in total. The molecule has 0 aliphatic carbocycles. The van der Waals surface area contributed by atoms with Crippen LogP contribution < -0.4 is 5.32 Å². The van der Waals surface area contributed by atoms with Crippen molar-refractivity contribution in [3.63, 3.8) is 0 Å². The van der Waals surface area contributed by atoms with Gasteiger partial charge >= 0.3 is 0 Å². The van der Waals surface area contributed by atoms with Crippen LogP contribution in [0, 0.1) is 19.8 Å². The molecule has 2 heteroatoms. The van der Waals surface area contributed by atoms with Crippen LogP contribution in [0.3, 0.4) is 0 Å². The van der Waals surface area contributed by atoms with Crippen LogP contribution in [0.25, 0.3) is 0 Å². The SMILES string of the molecule is CCCNC(COCCCC(C)C)c1ccc(C)cc1C. The number of ether oxygens (including phenoxy) is 1. The van der Waals surface area contributed by atoms with Crippen molar-refractivity contribution in [1.82, 2.24) is 5.32 Å². The fraction of sp³-hybridized carbons (Fsp3) is 0.684. The van der Waals surface area contributed by atoms with E-state index in [1.54, 1.807) is 0 Å². The van der Waals surface area contributed by atoms with Crippen LogP contribution >= 0.6 is 0 Å². The lowest BCUT2D eigenvalue weighted by atomic mass is 9.99. The predicted molar refractivity (Wildman–Crippen MR) is 91.8 cm³/mol. The van der Waals surface area contributed by atoms with Gasteiger partial charge in [-0.1, -0.05) is 44.5 Å². The Morgan fingerprint density at radius 1 is 1.19 bits per heavy atom. The predicted octanol–water partition coefficient (Wildman–Crippen LogP) is 4.80. The van der Waals surface area contributed by atoms with Gasteiger partial charge in [-0.15, -0.1) is 0 Å². The molecule has 1 atom stereocenters. The van der Waals surface area contributed by atoms with Crippen LogP contribution in [-0.2, 0) is 4.74 Å². The van der Waals surface area contributed by atoms with Gasteiger partial charge in [-0.3, -0.25) is 0 Å². The van der Waals surface area contributed by atoms with Crippen molar-refractivity contribution in [3.8, 4) is 0 Å². The summed E-state index contributed by atoms with van der Waals surface area (Å²) in [6.07, 6.45) is 3.55. The Morgan fingerprint density at radius 2 is 1.95 bits per heavy atom. The average Bonchev–Trinajstić information content (AvgIpc) is 2.42. The summed E-state index contributed by atoms with van der Waals surface area (Å²) in [5.41, 5.74) is 4.05. The Hall–Kier alpha value is -0.860. The van der Waals surface area contributed by atoms with E-state index >= 15 is 0 Å². The molecule has 0 amide bonds. The van der Waals surface area contributed by atoms with Crippen LogP contribution in [0.4, 0.5) is 0 Å². The van der Waals surface area contributed by atoms with Crippen LogP contribution in [0.5, 0.6) is 0 Å². The monoisotopic (exact) mass is 291 g/mol. The maximum absolute atomic E-state index is 5.92. The molecule has 1 unspecified atom stereocenters. The van der Waals surface area contributed by atoms with E-state index in [0.717, 1.165) is 38.5 Å². The molecule has 0 saturated carbocycles. The van der Waals surface area contributed by atoms with Gasteiger partial charge in [0.2, 0.25) is 0 Å². The Balaban J connectivity index is 2.54. The normalized spacial score (nSPS) is 12.9. The third-order valence-electron chi connectivity index (χ3n) is 3.80. The second-order valence-electron chi connectivity index (χ2n) is 6.48. The Labute approximate surface area is 131 Å². The molecule has 0 saturated heterocycles. The molecule has 0 aliphatic rings. The zero-order valence-corrected chi connectivity index (χ0v) is 14.5. The van der Waals surface area contributed by atoms with Gasteiger partial charge in [0, 0.05) is 6.61 Å². The van der Waals surface area contributed by atoms with Gasteiger partial charge in [0.15, 0.2) is 0 Å². The minimum atomic E-state index is 0.310. The van der Waals surface area contributed by atoms with E-state index in [2.05, 4.69) is 58.1 Å². The van der Waals surface area contributed by atoms with Crippen LogP contribution in [0.1, 0.15) is 62.8 Å². The molecule has 1 aromatic carbocycles. The van der Waals surface area contributed by atoms with Crippen molar-refractivity contribution >= 4 is 0 Å². The Kier molecular flexibility index (Phi) is 8.63. The Morgan fingerprint density at radius 3 is 2.57 bits per heavy atom. The molecule has 120 valence electrons. The van der Waals surface area contributed by atoms with Crippen LogP contribution in [0.2, 0.25) is 0 Å². The lowest BCUT2D eigenvalue weighted by molar-refractivity contribution is 0.106. The van der Waals surface area contributed by atoms with Gasteiger partial charge in [0.1, 0.15) is 0 Å². The van der Waals surface area contributed by atoms with E-state index in [9.17, 15) is 0 Å². The molecule has 1 aromatic rings. The molecule has 0 heterocycles. The number of rotatable bonds is 10. The molecule has 0 bridgehead atoms. The second-order valence-corrected chi connectivity index (χ2v) is 6.48. The largest absolute Gasteiger partial charge is 0.379 e. The summed E-state index contributed by atoms with van der Waals surface area (Å²) in [6.45, 7) is 13.7. The molecular formula is C19H33NO. The minimum Gasteiger partial charge on any atom is -0.379 e. The summed E-state index contributed by atoms with van der Waals surface area (Å²) < 4.78 is 5.92. The first-order valence-corrected chi connectivity index (χ1v) is 8.42. The molecule has 0 spiro atoms. The van der Waals surface area contributed by atoms with E-state index in [0.29, 0.717) is 6.04 Å². The van der Waals surface area contributed by atoms with Crippen LogP contribution in [0.15, 0.2) is 18.2 Å². The molecule has 0 radical (unpaired) electrons. The topological polar surface area (TPSA) is 21.3 Å². The van der Waals surface area contributed by atoms with E-state index in [1.807, 2.05) is 0 Å². The molecule has 1 N–H and O–H groups in total. The van der Waals surface area contributed by atoms with Crippen molar-refractivity contribution in [3.05, 3.63) is 34.9 Å². The summed E-state index contributed by atoms with van der Waals surface area (Å²) >= 11 is 0. The first-order valence-electron chi connectivity index (χ1n) is 8.42. The lowest BCUT2D eigenvalue weighted by Crippen LogP contribution is -2.27. The van der Waals surface area contributed by atoms with Crippen molar-refractivity contribution < 1.29 is 4.74 Å². The molecular weight excluding hydrogens is 258 g/mol. The lowest BCUT2D eigenvalue weighted by Gasteiger charge is -2.21. The van der Waals surface area contributed by atoms with Crippen molar-refractivity contribution in [2.24, 2.45) is 5.92 Å². The first-order chi connectivity index (χ1) is 10.0. The fourth-order valence-corrected chi connectivity index (χ4v) is 2.59. The average molecular weight is 291 g/mol. The third-order valence-corrected chi connectivity index (χ3v) is 3.80. The standard InChI is InChI=1S/C19H33NO/c1-6-11-20-19(14-21-12-7-8-15(2)3)18-10-9-16(4)13-17(18)5/h9-10,13,15,19-20H,6-8,11-12,14H2,1-5H3. The molecule has 21 heavy (non-hydrogen) atoms. The Bertz CT molecular complexity index is 401. The van der Waals surface area contributed by atoms with E-state index in [1.165, 1.54) is 23.1 Å².